The molecule has 2 N–H and O–H groups in total. The van der Waals surface area contributed by atoms with Gasteiger partial charge in [-0.1, -0.05) is 18.5 Å². The zero-order chi connectivity index (χ0) is 12.4. The smallest absolute Gasteiger partial charge is 0.134 e. The quantitative estimate of drug-likeness (QED) is 0.847. The fraction of sp³-hybridized carbons (Fsp3) is 0.308. The van der Waals surface area contributed by atoms with Gasteiger partial charge in [-0.05, 0) is 18.2 Å². The van der Waals surface area contributed by atoms with Crippen molar-refractivity contribution in [1.82, 2.24) is 4.57 Å². The monoisotopic (exact) mass is 250 g/mol. The lowest BCUT2D eigenvalue weighted by molar-refractivity contribution is -0.118. The Morgan fingerprint density at radius 2 is 2.24 bits per heavy atom. The lowest BCUT2D eigenvalue weighted by Gasteiger charge is -2.05. The molecule has 0 spiro atoms. The molecule has 0 saturated heterocycles. The molecule has 1 aromatic heterocycles. The Kier molecular flexibility index (Phi) is 3.38. The fourth-order valence-electron chi connectivity index (χ4n) is 1.91. The van der Waals surface area contributed by atoms with E-state index in [4.69, 9.17) is 17.3 Å². The van der Waals surface area contributed by atoms with E-state index in [-0.39, 0.29) is 5.78 Å². The first-order valence-corrected chi connectivity index (χ1v) is 6.05. The third kappa shape index (κ3) is 2.44. The number of hydrogen-bond donors (Lipinski definition) is 1. The number of nitrogens with zero attached hydrogens (tertiary/aromatic N) is 1. The summed E-state index contributed by atoms with van der Waals surface area (Å²) in [6, 6.07) is 5.58. The SMILES string of the molecule is CCC(=O)CCn1ccc2c(N)cc(Cl)cc21. The molecule has 1 heterocycles. The summed E-state index contributed by atoms with van der Waals surface area (Å²) in [5.41, 5.74) is 7.55. The number of hydrogen-bond acceptors (Lipinski definition) is 2. The maximum absolute atomic E-state index is 11.3. The number of anilines is 1. The van der Waals surface area contributed by atoms with Gasteiger partial charge < -0.3 is 10.3 Å². The summed E-state index contributed by atoms with van der Waals surface area (Å²) in [4.78, 5) is 11.3. The molecular formula is C13H15ClN2O. The summed E-state index contributed by atoms with van der Waals surface area (Å²) in [6.07, 6.45) is 3.08. The van der Waals surface area contributed by atoms with Gasteiger partial charge in [0.15, 0.2) is 0 Å². The number of aromatic nitrogens is 1. The molecule has 2 rings (SSSR count). The zero-order valence-electron chi connectivity index (χ0n) is 9.74. The molecule has 0 aliphatic carbocycles. The summed E-state index contributed by atoms with van der Waals surface area (Å²) in [7, 11) is 0. The van der Waals surface area contributed by atoms with Gasteiger partial charge in [0, 0.05) is 41.7 Å². The van der Waals surface area contributed by atoms with Crippen molar-refractivity contribution in [2.75, 3.05) is 5.73 Å². The molecule has 4 heteroatoms. The summed E-state index contributed by atoms with van der Waals surface area (Å²) in [5.74, 6) is 0.266. The fourth-order valence-corrected chi connectivity index (χ4v) is 2.13. The van der Waals surface area contributed by atoms with Crippen LogP contribution in [-0.2, 0) is 11.3 Å². The number of benzene rings is 1. The normalized spacial score (nSPS) is 10.9. The van der Waals surface area contributed by atoms with E-state index in [0.717, 1.165) is 10.9 Å². The zero-order valence-corrected chi connectivity index (χ0v) is 10.5. The minimum Gasteiger partial charge on any atom is -0.398 e. The van der Waals surface area contributed by atoms with Crippen LogP contribution in [0.5, 0.6) is 0 Å². The van der Waals surface area contributed by atoms with E-state index < -0.39 is 0 Å². The molecule has 0 atom stereocenters. The number of ketones is 1. The van der Waals surface area contributed by atoms with E-state index in [0.29, 0.717) is 30.1 Å². The first-order chi connectivity index (χ1) is 8.11. The van der Waals surface area contributed by atoms with Crippen LogP contribution in [0.3, 0.4) is 0 Å². The van der Waals surface area contributed by atoms with Crippen molar-refractivity contribution in [2.24, 2.45) is 0 Å². The van der Waals surface area contributed by atoms with Gasteiger partial charge >= 0.3 is 0 Å². The van der Waals surface area contributed by atoms with Crippen molar-refractivity contribution in [3.05, 3.63) is 29.4 Å². The minimum atomic E-state index is 0.266. The predicted molar refractivity (Wildman–Crippen MR) is 71.3 cm³/mol. The molecule has 0 unspecified atom stereocenters. The maximum Gasteiger partial charge on any atom is 0.134 e. The van der Waals surface area contributed by atoms with Gasteiger partial charge in [0.25, 0.3) is 0 Å². The standard InChI is InChI=1S/C13H15ClN2O/c1-2-10(17)3-5-16-6-4-11-12(15)7-9(14)8-13(11)16/h4,6-8H,2-3,5,15H2,1H3. The number of nitrogens with two attached hydrogens (primary N) is 1. The van der Waals surface area contributed by atoms with Gasteiger partial charge in [0.05, 0.1) is 5.52 Å². The van der Waals surface area contributed by atoms with Crippen LogP contribution in [-0.4, -0.2) is 10.4 Å². The lowest BCUT2D eigenvalue weighted by Crippen LogP contribution is -2.03. The largest absolute Gasteiger partial charge is 0.398 e. The third-order valence-corrected chi connectivity index (χ3v) is 3.13. The van der Waals surface area contributed by atoms with Crippen molar-refractivity contribution in [3.63, 3.8) is 0 Å². The number of Topliss-reactive ketones (excluding diaryl/α,β-unsaturated/α-hetero) is 1. The molecular weight excluding hydrogens is 236 g/mol. The molecule has 0 aliphatic heterocycles. The Morgan fingerprint density at radius 1 is 1.47 bits per heavy atom. The van der Waals surface area contributed by atoms with Crippen molar-refractivity contribution < 1.29 is 4.79 Å². The van der Waals surface area contributed by atoms with Crippen LogP contribution in [0.1, 0.15) is 19.8 Å². The van der Waals surface area contributed by atoms with E-state index in [1.807, 2.05) is 29.8 Å². The first-order valence-electron chi connectivity index (χ1n) is 5.67. The summed E-state index contributed by atoms with van der Waals surface area (Å²) < 4.78 is 2.02. The van der Waals surface area contributed by atoms with Crippen LogP contribution in [0.4, 0.5) is 5.69 Å². The van der Waals surface area contributed by atoms with Gasteiger partial charge in [0.2, 0.25) is 0 Å². The van der Waals surface area contributed by atoms with E-state index >= 15 is 0 Å². The maximum atomic E-state index is 11.3. The highest BCUT2D eigenvalue weighted by atomic mass is 35.5. The first kappa shape index (κ1) is 12.0. The summed E-state index contributed by atoms with van der Waals surface area (Å²) >= 11 is 5.98. The minimum absolute atomic E-state index is 0.266. The highest BCUT2D eigenvalue weighted by Crippen LogP contribution is 2.27. The lowest BCUT2D eigenvalue weighted by atomic mass is 10.2. The Morgan fingerprint density at radius 3 is 2.94 bits per heavy atom. The van der Waals surface area contributed by atoms with Gasteiger partial charge in [-0.25, -0.2) is 0 Å². The van der Waals surface area contributed by atoms with Crippen LogP contribution < -0.4 is 5.73 Å². The Bertz CT molecular complexity index is 560. The van der Waals surface area contributed by atoms with Crippen LogP contribution in [0.25, 0.3) is 10.9 Å². The number of aryl methyl sites for hydroxylation is 1. The molecule has 90 valence electrons. The molecule has 0 radical (unpaired) electrons. The molecule has 0 amide bonds. The van der Waals surface area contributed by atoms with E-state index in [1.165, 1.54) is 0 Å². The molecule has 0 fully saturated rings. The van der Waals surface area contributed by atoms with Crippen molar-refractivity contribution in [2.45, 2.75) is 26.3 Å². The Hall–Kier alpha value is -1.48. The second-order valence-electron chi connectivity index (χ2n) is 4.08. The molecule has 2 aromatic rings. The van der Waals surface area contributed by atoms with Crippen LogP contribution in [0.15, 0.2) is 24.4 Å². The molecule has 1 aromatic carbocycles. The van der Waals surface area contributed by atoms with E-state index in [1.54, 1.807) is 6.07 Å². The molecule has 0 bridgehead atoms. The number of carbonyl (C=O) groups excluding carboxylic acids is 1. The number of nitrogen functional groups attached to an aromatic ring is 1. The topological polar surface area (TPSA) is 48.0 Å². The Balaban J connectivity index is 2.32. The number of fused-ring (bicyclic) bond motifs is 1. The third-order valence-electron chi connectivity index (χ3n) is 2.91. The second kappa shape index (κ2) is 4.80. The second-order valence-corrected chi connectivity index (χ2v) is 4.52. The van der Waals surface area contributed by atoms with Gasteiger partial charge in [-0.2, -0.15) is 0 Å². The van der Waals surface area contributed by atoms with Crippen LogP contribution in [0, 0.1) is 0 Å². The van der Waals surface area contributed by atoms with Crippen LogP contribution in [0.2, 0.25) is 5.02 Å². The van der Waals surface area contributed by atoms with E-state index in [9.17, 15) is 4.79 Å². The summed E-state index contributed by atoms with van der Waals surface area (Å²) in [5, 5.41) is 1.61. The summed E-state index contributed by atoms with van der Waals surface area (Å²) in [6.45, 7) is 2.56. The average Bonchev–Trinajstić information content (AvgIpc) is 2.69. The van der Waals surface area contributed by atoms with Crippen molar-refractivity contribution >= 4 is 34.0 Å². The highest BCUT2D eigenvalue weighted by molar-refractivity contribution is 6.31. The van der Waals surface area contributed by atoms with Gasteiger partial charge in [-0.15, -0.1) is 0 Å². The number of halogens is 1. The Labute approximate surface area is 105 Å². The molecule has 0 aliphatic rings. The van der Waals surface area contributed by atoms with Crippen LogP contribution >= 0.6 is 11.6 Å². The average molecular weight is 251 g/mol. The molecule has 3 nitrogen and oxygen atoms in total. The van der Waals surface area contributed by atoms with Crippen molar-refractivity contribution in [3.8, 4) is 0 Å². The van der Waals surface area contributed by atoms with Crippen molar-refractivity contribution in [1.29, 1.82) is 0 Å². The van der Waals surface area contributed by atoms with Gasteiger partial charge in [0.1, 0.15) is 5.78 Å². The van der Waals surface area contributed by atoms with Gasteiger partial charge in [-0.3, -0.25) is 4.79 Å². The number of rotatable bonds is 4. The van der Waals surface area contributed by atoms with E-state index in [2.05, 4.69) is 0 Å². The molecule has 17 heavy (non-hydrogen) atoms. The highest BCUT2D eigenvalue weighted by Gasteiger charge is 2.06. The molecule has 0 saturated carbocycles. The predicted octanol–water partition coefficient (Wildman–Crippen LogP) is 3.25. The number of carbonyl (C=O) groups is 1.